The van der Waals surface area contributed by atoms with Crippen molar-refractivity contribution in [1.29, 1.82) is 0 Å². The summed E-state index contributed by atoms with van der Waals surface area (Å²) in [5.41, 5.74) is 4.17. The monoisotopic (exact) mass is 1270 g/mol. The molecule has 2 unspecified atom stereocenters. The minimum atomic E-state index is -4.17. The molecule has 90 heavy (non-hydrogen) atoms. The van der Waals surface area contributed by atoms with Crippen LogP contribution in [0.25, 0.3) is 0 Å². The molecule has 0 radical (unpaired) electrons. The van der Waals surface area contributed by atoms with Crippen molar-refractivity contribution in [1.82, 2.24) is 0 Å². The van der Waals surface area contributed by atoms with E-state index in [1.54, 1.807) is 0 Å². The molecule has 8 aromatic rings. The van der Waals surface area contributed by atoms with Gasteiger partial charge >= 0.3 is 23.0 Å². The lowest BCUT2D eigenvalue weighted by atomic mass is 10.1. The average molecular weight is 1270 g/mol. The fraction of sp³-hybridized carbons (Fsp3) is 0.297. The van der Waals surface area contributed by atoms with Crippen LogP contribution >= 0.6 is 23.0 Å². The first-order valence-electron chi connectivity index (χ1n) is 31.6. The third kappa shape index (κ3) is 22.9. The van der Waals surface area contributed by atoms with Gasteiger partial charge in [0.1, 0.15) is 72.4 Å². The van der Waals surface area contributed by atoms with Gasteiger partial charge in [0.2, 0.25) is 0 Å². The molecule has 0 amide bonds. The Morgan fingerprint density at radius 3 is 0.756 bits per heavy atom. The van der Waals surface area contributed by atoms with Gasteiger partial charge in [-0.25, -0.2) is 0 Å². The summed E-state index contributed by atoms with van der Waals surface area (Å²) in [6, 6.07) is 69.7. The van der Waals surface area contributed by atoms with Crippen LogP contribution in [0.5, 0.6) is 46.0 Å². The van der Waals surface area contributed by atoms with Gasteiger partial charge in [0.05, 0.1) is 13.2 Å². The molecule has 0 aliphatic carbocycles. The van der Waals surface area contributed by atoms with Gasteiger partial charge in [-0.2, -0.15) is 0 Å². The Bertz CT molecular complexity index is 3310. The summed E-state index contributed by atoms with van der Waals surface area (Å²) in [5, 5.41) is 0. The van der Waals surface area contributed by atoms with Crippen molar-refractivity contribution in [3.8, 4) is 46.0 Å². The molecule has 0 saturated heterocycles. The second-order valence-corrected chi connectivity index (χ2v) is 28.2. The normalized spacial score (nSPS) is 15.6. The largest absolute Gasteiger partial charge is 0.489 e. The van der Waals surface area contributed by atoms with Crippen LogP contribution in [0.15, 0.2) is 257 Å². The molecule has 2 atom stereocenters. The molecule has 1 heterocycles. The van der Waals surface area contributed by atoms with Crippen LogP contribution < -0.4 is 37.0 Å². The molecule has 1 aliphatic heterocycles. The number of unbranched alkanes of at least 4 members (excludes halogenated alkanes) is 14. The molecular weight excluding hydrogens is 1180 g/mol. The third-order valence-electron chi connectivity index (χ3n) is 14.5. The number of benzene rings is 8. The maximum absolute atomic E-state index is 7.26. The molecule has 0 spiro atoms. The van der Waals surface area contributed by atoms with Gasteiger partial charge in [0.25, 0.3) is 0 Å². The van der Waals surface area contributed by atoms with Crippen molar-refractivity contribution in [3.05, 3.63) is 266 Å². The molecular formula is C74H86N3O10P3. The van der Waals surface area contributed by atoms with Crippen molar-refractivity contribution in [2.24, 2.45) is 13.5 Å². The van der Waals surface area contributed by atoms with E-state index in [1.165, 1.54) is 12.8 Å². The maximum Gasteiger partial charge on any atom is 0.459 e. The van der Waals surface area contributed by atoms with Gasteiger partial charge < -0.3 is 37.0 Å². The van der Waals surface area contributed by atoms with Gasteiger partial charge in [-0.05, 0) is 158 Å². The summed E-state index contributed by atoms with van der Waals surface area (Å²) in [6.45, 7) is 9.84. The Hall–Kier alpha value is -7.75. The fourth-order valence-electron chi connectivity index (χ4n) is 9.62. The predicted molar refractivity (Wildman–Crippen MR) is 366 cm³/mol. The molecule has 0 aromatic heterocycles. The number of nitrogens with zero attached hydrogens (tertiary/aromatic N) is 3. The predicted octanol–water partition coefficient (Wildman–Crippen LogP) is 23.1. The highest BCUT2D eigenvalue weighted by atomic mass is 31.3. The number of hydrogen-bond acceptors (Lipinski definition) is 13. The van der Waals surface area contributed by atoms with Crippen LogP contribution in [-0.2, 0) is 35.5 Å². The molecule has 0 N–H and O–H groups in total. The Labute approximate surface area is 534 Å². The molecule has 0 fully saturated rings. The topological polar surface area (TPSA) is 129 Å². The van der Waals surface area contributed by atoms with Crippen molar-refractivity contribution >= 4 is 23.0 Å². The van der Waals surface area contributed by atoms with Gasteiger partial charge in [-0.3, -0.25) is 9.05 Å². The molecule has 0 saturated carbocycles. The first-order valence-corrected chi connectivity index (χ1v) is 36.2. The van der Waals surface area contributed by atoms with Crippen LogP contribution in [0, 0.1) is 0 Å². The highest BCUT2D eigenvalue weighted by Gasteiger charge is 2.47. The molecule has 9 rings (SSSR count). The Kier molecular flexibility index (Phi) is 27.3. The summed E-state index contributed by atoms with van der Waals surface area (Å²) >= 11 is 0. The van der Waals surface area contributed by atoms with Gasteiger partial charge in [0, 0.05) is 0 Å². The first-order chi connectivity index (χ1) is 44.4. The Balaban J connectivity index is 1.14. The second kappa shape index (κ2) is 36.8. The van der Waals surface area contributed by atoms with E-state index in [1.807, 2.05) is 231 Å². The number of allylic oxidation sites excluding steroid dienone is 2. The zero-order valence-corrected chi connectivity index (χ0v) is 54.4. The van der Waals surface area contributed by atoms with Crippen molar-refractivity contribution in [2.75, 3.05) is 13.2 Å². The lowest BCUT2D eigenvalue weighted by Gasteiger charge is -2.33. The zero-order chi connectivity index (χ0) is 62.0. The molecule has 13 nitrogen and oxygen atoms in total. The Morgan fingerprint density at radius 1 is 0.256 bits per heavy atom. The van der Waals surface area contributed by atoms with E-state index in [-0.39, 0.29) is 13.2 Å². The van der Waals surface area contributed by atoms with Gasteiger partial charge in [-0.1, -0.05) is 198 Å². The molecule has 0 bridgehead atoms. The highest BCUT2D eigenvalue weighted by molar-refractivity contribution is 7.78. The van der Waals surface area contributed by atoms with Crippen molar-refractivity contribution in [2.45, 2.75) is 129 Å². The van der Waals surface area contributed by atoms with Crippen LogP contribution in [0.2, 0.25) is 0 Å². The zero-order valence-electron chi connectivity index (χ0n) is 51.7. The molecule has 16 heteroatoms. The Morgan fingerprint density at radius 2 is 0.478 bits per heavy atom. The van der Waals surface area contributed by atoms with Gasteiger partial charge in [-0.15, -0.1) is 26.7 Å². The van der Waals surface area contributed by atoms with Crippen LogP contribution in [-0.4, -0.2) is 13.2 Å². The number of ether oxygens (including phenoxy) is 4. The van der Waals surface area contributed by atoms with Crippen molar-refractivity contribution < 1.29 is 46.1 Å². The van der Waals surface area contributed by atoms with Crippen LogP contribution in [0.4, 0.5) is 0 Å². The molecule has 8 aromatic carbocycles. The standard InChI is InChI=1S/C74H86N3O10P3/c1-3-5-7-9-11-13-15-17-31-57-82-88(84-71-49-41-67(42-50-71)78-59-63-33-23-19-24-34-63)75-89(83-58-32-18-16-14-12-10-8-6-4-2,85-72-51-43-68(44-52-72)79-60-64-35-25-20-26-36-64)77-90(76-88,86-73-53-45-69(46-54-73)80-61-65-37-27-21-28-38-65)87-74-55-47-70(48-56-74)81-62-66-39-29-22-30-40-66/h3-4,19-30,33-56H,1-2,5-18,31-32,57-62H2. The summed E-state index contributed by atoms with van der Waals surface area (Å²) in [5.74, 6) is 4.22. The lowest BCUT2D eigenvalue weighted by Crippen LogP contribution is -2.10. The molecule has 1 aliphatic rings. The van der Waals surface area contributed by atoms with E-state index in [2.05, 4.69) is 13.2 Å². The SMILES string of the molecule is C=CCCCCCCCCCOP1(Oc2ccc(OCc3ccccc3)cc2)=NP(OCCCCCCCCCC=C)(Oc2ccc(OCc3ccccc3)cc2)=NP(Oc2ccc(OCc3ccccc3)cc2)(Oc2ccc(OCc3ccccc3)cc2)=N1. The third-order valence-corrected chi connectivity index (χ3v) is 22.7. The summed E-state index contributed by atoms with van der Waals surface area (Å²) in [6.07, 6.45) is 20.6. The average Bonchev–Trinajstić information content (AvgIpc) is 0.742. The minimum absolute atomic E-state index is 0.247. The van der Waals surface area contributed by atoms with Crippen LogP contribution in [0.3, 0.4) is 0 Å². The quantitative estimate of drug-likeness (QED) is 0.0207. The second-order valence-electron chi connectivity index (χ2n) is 21.9. The lowest BCUT2D eigenvalue weighted by molar-refractivity contribution is 0.281. The molecule has 472 valence electrons. The fourth-order valence-corrected chi connectivity index (χ4v) is 18.9. The van der Waals surface area contributed by atoms with Gasteiger partial charge in [0.15, 0.2) is 0 Å². The summed E-state index contributed by atoms with van der Waals surface area (Å²) in [7, 11) is -12.2. The summed E-state index contributed by atoms with van der Waals surface area (Å²) in [4.78, 5) is 0. The van der Waals surface area contributed by atoms with E-state index in [0.29, 0.717) is 85.3 Å². The number of hydrogen-bond donors (Lipinski definition) is 0. The summed E-state index contributed by atoms with van der Waals surface area (Å²) < 4.78 is 85.1. The van der Waals surface area contributed by atoms with Crippen molar-refractivity contribution in [3.63, 3.8) is 0 Å². The van der Waals surface area contributed by atoms with E-state index < -0.39 is 23.0 Å². The van der Waals surface area contributed by atoms with E-state index in [9.17, 15) is 0 Å². The van der Waals surface area contributed by atoms with E-state index in [0.717, 1.165) is 99.3 Å². The minimum Gasteiger partial charge on any atom is -0.489 e. The van der Waals surface area contributed by atoms with E-state index in [4.69, 9.17) is 59.6 Å². The number of rotatable bonds is 42. The van der Waals surface area contributed by atoms with Crippen LogP contribution in [0.1, 0.15) is 125 Å². The smallest absolute Gasteiger partial charge is 0.459 e. The maximum atomic E-state index is 7.26. The highest BCUT2D eigenvalue weighted by Crippen LogP contribution is 2.79. The van der Waals surface area contributed by atoms with E-state index >= 15 is 0 Å². The first kappa shape index (κ1) is 66.7.